The van der Waals surface area contributed by atoms with Gasteiger partial charge in [-0.05, 0) is 6.07 Å². The second kappa shape index (κ2) is 5.24. The zero-order chi connectivity index (χ0) is 15.7. The van der Waals surface area contributed by atoms with Crippen LogP contribution in [0.2, 0.25) is 0 Å². The van der Waals surface area contributed by atoms with Crippen molar-refractivity contribution in [2.45, 2.75) is 6.92 Å². The van der Waals surface area contributed by atoms with Gasteiger partial charge in [-0.2, -0.15) is 0 Å². The number of fused-ring (bicyclic) bond motifs is 1. The fraction of sp³-hybridized carbons (Fsp3) is 0.0714. The molecule has 3 rings (SSSR count). The average Bonchev–Trinajstić information content (AvgIpc) is 2.95. The van der Waals surface area contributed by atoms with E-state index < -0.39 is 4.92 Å². The van der Waals surface area contributed by atoms with Crippen LogP contribution >= 0.6 is 0 Å². The number of aromatic nitrogens is 3. The van der Waals surface area contributed by atoms with Gasteiger partial charge < -0.3 is 4.40 Å². The first-order valence-corrected chi connectivity index (χ1v) is 6.40. The zero-order valence-corrected chi connectivity index (χ0v) is 11.6. The minimum absolute atomic E-state index is 0.127. The van der Waals surface area contributed by atoms with Crippen LogP contribution in [0.5, 0.6) is 0 Å². The van der Waals surface area contributed by atoms with Gasteiger partial charge in [0.2, 0.25) is 5.91 Å². The summed E-state index contributed by atoms with van der Waals surface area (Å²) in [4.78, 5) is 31.9. The number of amides is 1. The number of carbonyl (C=O) groups is 1. The molecule has 0 saturated heterocycles. The molecule has 8 nitrogen and oxygen atoms in total. The number of imidazole rings is 1. The first-order chi connectivity index (χ1) is 10.6. The normalized spacial score (nSPS) is 10.6. The van der Waals surface area contributed by atoms with Crippen LogP contribution in [0.1, 0.15) is 6.92 Å². The van der Waals surface area contributed by atoms with Gasteiger partial charge in [0, 0.05) is 43.8 Å². The van der Waals surface area contributed by atoms with E-state index in [9.17, 15) is 14.9 Å². The predicted molar refractivity (Wildman–Crippen MR) is 78.9 cm³/mol. The quantitative estimate of drug-likeness (QED) is 0.546. The smallest absolute Gasteiger partial charge is 0.274 e. The van der Waals surface area contributed by atoms with Gasteiger partial charge in [0.25, 0.3) is 5.69 Å². The number of pyridine rings is 2. The molecule has 0 aliphatic heterocycles. The van der Waals surface area contributed by atoms with Gasteiger partial charge in [-0.3, -0.25) is 19.8 Å². The van der Waals surface area contributed by atoms with Gasteiger partial charge in [0.05, 0.1) is 16.7 Å². The van der Waals surface area contributed by atoms with Crippen LogP contribution in [-0.4, -0.2) is 25.2 Å². The molecule has 3 heterocycles. The van der Waals surface area contributed by atoms with Gasteiger partial charge in [0.1, 0.15) is 11.5 Å². The predicted octanol–water partition coefficient (Wildman–Crippen LogP) is 2.32. The summed E-state index contributed by atoms with van der Waals surface area (Å²) >= 11 is 0. The molecule has 3 aromatic rings. The third kappa shape index (κ3) is 2.37. The highest BCUT2D eigenvalue weighted by Crippen LogP contribution is 2.27. The van der Waals surface area contributed by atoms with E-state index >= 15 is 0 Å². The molecule has 0 saturated carbocycles. The number of carbonyl (C=O) groups excluding carboxylic acids is 1. The van der Waals surface area contributed by atoms with Crippen LogP contribution < -0.4 is 4.90 Å². The Labute approximate surface area is 124 Å². The van der Waals surface area contributed by atoms with E-state index in [0.29, 0.717) is 11.3 Å². The lowest BCUT2D eigenvalue weighted by Gasteiger charge is -2.19. The highest BCUT2D eigenvalue weighted by Gasteiger charge is 2.19. The number of nitrogens with zero attached hydrogens (tertiary/aromatic N) is 5. The number of hydrogen-bond donors (Lipinski definition) is 0. The minimum Gasteiger partial charge on any atom is -0.307 e. The molecule has 0 bridgehead atoms. The van der Waals surface area contributed by atoms with Crippen LogP contribution in [0.3, 0.4) is 0 Å². The lowest BCUT2D eigenvalue weighted by atomic mass is 10.3. The molecule has 1 amide bonds. The first-order valence-electron chi connectivity index (χ1n) is 6.40. The topological polar surface area (TPSA) is 93.6 Å². The molecule has 8 heteroatoms. The van der Waals surface area contributed by atoms with Crippen LogP contribution in [0.25, 0.3) is 5.65 Å². The molecule has 0 aromatic carbocycles. The molecule has 0 aliphatic rings. The van der Waals surface area contributed by atoms with Crippen molar-refractivity contribution < 1.29 is 9.72 Å². The van der Waals surface area contributed by atoms with E-state index in [-0.39, 0.29) is 17.4 Å². The fourth-order valence-electron chi connectivity index (χ4n) is 2.16. The van der Waals surface area contributed by atoms with Crippen molar-refractivity contribution in [2.75, 3.05) is 4.90 Å². The van der Waals surface area contributed by atoms with E-state index in [1.165, 1.54) is 30.2 Å². The summed E-state index contributed by atoms with van der Waals surface area (Å²) in [6.07, 6.45) is 6.48. The Bertz CT molecular complexity index is 874. The highest BCUT2D eigenvalue weighted by molar-refractivity contribution is 5.98. The third-order valence-electron chi connectivity index (χ3n) is 3.12. The zero-order valence-electron chi connectivity index (χ0n) is 11.6. The number of rotatable bonds is 3. The summed E-state index contributed by atoms with van der Waals surface area (Å²) in [6.45, 7) is 1.37. The van der Waals surface area contributed by atoms with E-state index in [1.54, 1.807) is 35.1 Å². The Morgan fingerprint density at radius 2 is 2.05 bits per heavy atom. The number of nitro groups is 1. The van der Waals surface area contributed by atoms with Crippen LogP contribution in [0.4, 0.5) is 17.2 Å². The highest BCUT2D eigenvalue weighted by atomic mass is 16.6. The Morgan fingerprint density at radius 1 is 1.23 bits per heavy atom. The summed E-state index contributed by atoms with van der Waals surface area (Å²) in [5.74, 6) is -0.110. The largest absolute Gasteiger partial charge is 0.307 e. The molecule has 22 heavy (non-hydrogen) atoms. The first kappa shape index (κ1) is 13.7. The lowest BCUT2D eigenvalue weighted by Crippen LogP contribution is -2.23. The molecule has 0 atom stereocenters. The Balaban J connectivity index is 2.11. The number of anilines is 2. The maximum Gasteiger partial charge on any atom is 0.274 e. The molecule has 0 spiro atoms. The van der Waals surface area contributed by atoms with Crippen molar-refractivity contribution in [3.05, 3.63) is 59.2 Å². The molecular weight excluding hydrogens is 286 g/mol. The average molecular weight is 297 g/mol. The Kier molecular flexibility index (Phi) is 3.26. The van der Waals surface area contributed by atoms with Crippen LogP contribution in [0, 0.1) is 10.1 Å². The maximum atomic E-state index is 12.0. The van der Waals surface area contributed by atoms with Gasteiger partial charge in [-0.15, -0.1) is 0 Å². The minimum atomic E-state index is -0.526. The summed E-state index contributed by atoms with van der Waals surface area (Å²) in [7, 11) is 0. The molecule has 110 valence electrons. The fourth-order valence-corrected chi connectivity index (χ4v) is 2.16. The van der Waals surface area contributed by atoms with Crippen molar-refractivity contribution in [1.29, 1.82) is 0 Å². The van der Waals surface area contributed by atoms with Gasteiger partial charge in [0.15, 0.2) is 0 Å². The van der Waals surface area contributed by atoms with E-state index in [1.807, 2.05) is 0 Å². The second-order valence-corrected chi connectivity index (χ2v) is 4.56. The number of hydrogen-bond acceptors (Lipinski definition) is 5. The SMILES string of the molecule is CC(=O)N(c1ccn2ccnc2c1)c1cc([N+](=O)[O-])ccn1. The summed E-state index contributed by atoms with van der Waals surface area (Å²) in [5, 5.41) is 10.9. The summed E-state index contributed by atoms with van der Waals surface area (Å²) < 4.78 is 1.79. The molecular formula is C14H11N5O3. The second-order valence-electron chi connectivity index (χ2n) is 4.56. The van der Waals surface area contributed by atoms with Crippen molar-refractivity contribution in [3.63, 3.8) is 0 Å². The van der Waals surface area contributed by atoms with Crippen molar-refractivity contribution in [3.8, 4) is 0 Å². The van der Waals surface area contributed by atoms with Gasteiger partial charge >= 0.3 is 0 Å². The molecule has 0 fully saturated rings. The van der Waals surface area contributed by atoms with Crippen molar-refractivity contribution in [2.24, 2.45) is 0 Å². The summed E-state index contributed by atoms with van der Waals surface area (Å²) in [5.41, 5.74) is 1.08. The van der Waals surface area contributed by atoms with Crippen molar-refractivity contribution >= 4 is 28.7 Å². The monoisotopic (exact) mass is 297 g/mol. The van der Waals surface area contributed by atoms with E-state index in [0.717, 1.165) is 0 Å². The third-order valence-corrected chi connectivity index (χ3v) is 3.12. The van der Waals surface area contributed by atoms with Crippen LogP contribution in [-0.2, 0) is 4.79 Å². The molecule has 0 radical (unpaired) electrons. The molecule has 0 unspecified atom stereocenters. The molecule has 3 aromatic heterocycles. The van der Waals surface area contributed by atoms with E-state index in [4.69, 9.17) is 0 Å². The van der Waals surface area contributed by atoms with E-state index in [2.05, 4.69) is 9.97 Å². The molecule has 0 aliphatic carbocycles. The standard InChI is InChI=1S/C14H11N5O3/c1-10(20)18(14-9-12(19(21)22)2-4-15-14)11-3-6-17-7-5-16-13(17)8-11/h2-9H,1H3. The molecule has 0 N–H and O–H groups in total. The van der Waals surface area contributed by atoms with Gasteiger partial charge in [-0.1, -0.05) is 0 Å². The van der Waals surface area contributed by atoms with Gasteiger partial charge in [-0.25, -0.2) is 9.97 Å². The summed E-state index contributed by atoms with van der Waals surface area (Å²) in [6, 6.07) is 5.97. The van der Waals surface area contributed by atoms with Crippen molar-refractivity contribution in [1.82, 2.24) is 14.4 Å². The maximum absolute atomic E-state index is 12.0. The lowest BCUT2D eigenvalue weighted by molar-refractivity contribution is -0.384. The Hall–Kier alpha value is -3.29. The Morgan fingerprint density at radius 3 is 2.77 bits per heavy atom. The van der Waals surface area contributed by atoms with Crippen LogP contribution in [0.15, 0.2) is 49.1 Å².